The van der Waals surface area contributed by atoms with E-state index < -0.39 is 0 Å². The minimum absolute atomic E-state index is 0.347. The van der Waals surface area contributed by atoms with Crippen LogP contribution in [0, 0.1) is 11.8 Å². The Kier molecular flexibility index (Phi) is 4.46. The van der Waals surface area contributed by atoms with E-state index in [1.54, 1.807) is 0 Å². The van der Waals surface area contributed by atoms with Crippen LogP contribution in [-0.2, 0) is 11.3 Å². The lowest BCUT2D eigenvalue weighted by Gasteiger charge is -2.37. The number of nitrogens with zero attached hydrogens (tertiary/aromatic N) is 2. The zero-order valence-corrected chi connectivity index (χ0v) is 14.9. The zero-order chi connectivity index (χ0) is 17.4. The summed E-state index contributed by atoms with van der Waals surface area (Å²) in [6.45, 7) is 4.50. The monoisotopic (exact) mass is 337 g/mol. The van der Waals surface area contributed by atoms with Crippen molar-refractivity contribution in [2.24, 2.45) is 17.6 Å². The molecule has 0 bridgehead atoms. The Balaban J connectivity index is 1.64. The Bertz CT molecular complexity index is 784. The van der Waals surface area contributed by atoms with E-state index in [9.17, 15) is 4.79 Å². The minimum Gasteiger partial charge on any atom is -0.342 e. The van der Waals surface area contributed by atoms with Gasteiger partial charge in [0, 0.05) is 43.6 Å². The Hall–Kier alpha value is -1.94. The van der Waals surface area contributed by atoms with Crippen molar-refractivity contribution >= 4 is 16.8 Å². The summed E-state index contributed by atoms with van der Waals surface area (Å²) in [5, 5.41) is 1.19. The van der Waals surface area contributed by atoms with E-state index in [0.29, 0.717) is 30.2 Å². The molecule has 1 aromatic carbocycles. The van der Waals surface area contributed by atoms with Crippen LogP contribution >= 0.6 is 0 Å². The molecule has 2 aromatic rings. The third kappa shape index (κ3) is 3.40. The highest BCUT2D eigenvalue weighted by Crippen LogP contribution is 2.37. The van der Waals surface area contributed by atoms with Crippen molar-refractivity contribution in [2.75, 3.05) is 13.1 Å². The molecule has 0 spiro atoms. The van der Waals surface area contributed by atoms with Crippen LogP contribution in [0.4, 0.5) is 0 Å². The topological polar surface area (TPSA) is 59.2 Å². The highest BCUT2D eigenvalue weighted by atomic mass is 16.2. The zero-order valence-electron chi connectivity index (χ0n) is 14.9. The maximum Gasteiger partial charge on any atom is 0.222 e. The number of carbonyl (C=O) groups is 1. The van der Waals surface area contributed by atoms with Crippen LogP contribution in [0.3, 0.4) is 0 Å². The summed E-state index contributed by atoms with van der Waals surface area (Å²) in [6.07, 6.45) is 6.16. The number of nitrogens with two attached hydrogens (primary N) is 1. The minimum atomic E-state index is 0.347. The highest BCUT2D eigenvalue weighted by Gasteiger charge is 2.32. The Morgan fingerprint density at radius 3 is 2.88 bits per heavy atom. The third-order valence-corrected chi connectivity index (χ3v) is 5.72. The van der Waals surface area contributed by atoms with Gasteiger partial charge in [-0.15, -0.1) is 0 Å². The predicted octanol–water partition coefficient (Wildman–Crippen LogP) is 3.45. The molecule has 0 unspecified atom stereocenters. The van der Waals surface area contributed by atoms with Gasteiger partial charge in [-0.3, -0.25) is 9.78 Å². The first-order chi connectivity index (χ1) is 12.2. The van der Waals surface area contributed by atoms with E-state index in [4.69, 9.17) is 5.73 Å². The van der Waals surface area contributed by atoms with Crippen LogP contribution in [0.5, 0.6) is 0 Å². The molecule has 1 saturated heterocycles. The SMILES string of the molecule is C[C@@H]1C[C@H](c2ccc(CN)c3ncccc23)CN(C(=O)CC2CC2)C1. The van der Waals surface area contributed by atoms with Crippen molar-refractivity contribution in [1.29, 1.82) is 0 Å². The van der Waals surface area contributed by atoms with Crippen molar-refractivity contribution in [3.8, 4) is 0 Å². The molecule has 2 atom stereocenters. The molecule has 4 rings (SSSR count). The number of likely N-dealkylation sites (tertiary alicyclic amines) is 1. The highest BCUT2D eigenvalue weighted by molar-refractivity contribution is 5.86. The molecule has 2 aliphatic rings. The maximum absolute atomic E-state index is 12.6. The lowest BCUT2D eigenvalue weighted by Crippen LogP contribution is -2.42. The second kappa shape index (κ2) is 6.75. The lowest BCUT2D eigenvalue weighted by atomic mass is 9.83. The van der Waals surface area contributed by atoms with E-state index in [1.807, 2.05) is 12.3 Å². The fourth-order valence-corrected chi connectivity index (χ4v) is 4.25. The first-order valence-electron chi connectivity index (χ1n) is 9.50. The molecule has 1 aliphatic carbocycles. The number of hydrogen-bond donors (Lipinski definition) is 1. The second-order valence-electron chi connectivity index (χ2n) is 7.90. The molecule has 1 amide bonds. The van der Waals surface area contributed by atoms with Gasteiger partial charge in [0.05, 0.1) is 5.52 Å². The van der Waals surface area contributed by atoms with Crippen molar-refractivity contribution in [3.63, 3.8) is 0 Å². The van der Waals surface area contributed by atoms with Crippen molar-refractivity contribution in [2.45, 2.75) is 45.1 Å². The van der Waals surface area contributed by atoms with E-state index >= 15 is 0 Å². The molecule has 1 aromatic heterocycles. The van der Waals surface area contributed by atoms with Gasteiger partial charge >= 0.3 is 0 Å². The normalized spacial score (nSPS) is 23.8. The number of piperidine rings is 1. The molecule has 1 aliphatic heterocycles. The Morgan fingerprint density at radius 2 is 2.12 bits per heavy atom. The first-order valence-corrected chi connectivity index (χ1v) is 9.50. The Labute approximate surface area is 149 Å². The summed E-state index contributed by atoms with van der Waals surface area (Å²) in [5.41, 5.74) is 9.30. The van der Waals surface area contributed by atoms with Crippen LogP contribution in [0.2, 0.25) is 0 Å². The summed E-state index contributed by atoms with van der Waals surface area (Å²) in [4.78, 5) is 19.3. The molecule has 0 radical (unpaired) electrons. The fourth-order valence-electron chi connectivity index (χ4n) is 4.25. The van der Waals surface area contributed by atoms with Crippen LogP contribution in [-0.4, -0.2) is 28.9 Å². The summed E-state index contributed by atoms with van der Waals surface area (Å²) in [6, 6.07) is 8.46. The number of aromatic nitrogens is 1. The van der Waals surface area contributed by atoms with E-state index in [-0.39, 0.29) is 0 Å². The standard InChI is InChI=1S/C21H27N3O/c1-14-9-17(13-24(12-14)20(25)10-15-4-5-15)18-7-6-16(11-22)21-19(18)3-2-8-23-21/h2-3,6-8,14-15,17H,4-5,9-13,22H2,1H3/t14-,17+/m1/s1. The van der Waals surface area contributed by atoms with Gasteiger partial charge in [0.15, 0.2) is 0 Å². The average Bonchev–Trinajstić information content (AvgIpc) is 3.44. The molecular weight excluding hydrogens is 310 g/mol. The van der Waals surface area contributed by atoms with Crippen molar-refractivity contribution in [3.05, 3.63) is 41.6 Å². The Morgan fingerprint density at radius 1 is 1.28 bits per heavy atom. The van der Waals surface area contributed by atoms with Gasteiger partial charge in [0.25, 0.3) is 0 Å². The summed E-state index contributed by atoms with van der Waals surface area (Å²) in [7, 11) is 0. The number of rotatable bonds is 4. The van der Waals surface area contributed by atoms with E-state index in [2.05, 4.69) is 35.0 Å². The van der Waals surface area contributed by atoms with Crippen molar-refractivity contribution in [1.82, 2.24) is 9.88 Å². The predicted molar refractivity (Wildman–Crippen MR) is 100 cm³/mol. The third-order valence-electron chi connectivity index (χ3n) is 5.72. The van der Waals surface area contributed by atoms with E-state index in [0.717, 1.165) is 37.0 Å². The van der Waals surface area contributed by atoms with Crippen molar-refractivity contribution < 1.29 is 4.79 Å². The van der Waals surface area contributed by atoms with Crippen LogP contribution in [0.15, 0.2) is 30.5 Å². The van der Waals surface area contributed by atoms with Gasteiger partial charge in [-0.1, -0.05) is 25.1 Å². The number of pyridine rings is 1. The summed E-state index contributed by atoms with van der Waals surface area (Å²) in [5.74, 6) is 1.91. The molecule has 132 valence electrons. The first kappa shape index (κ1) is 16.5. The van der Waals surface area contributed by atoms with Crippen LogP contribution < -0.4 is 5.73 Å². The van der Waals surface area contributed by atoms with Gasteiger partial charge in [0.1, 0.15) is 0 Å². The molecule has 2 fully saturated rings. The van der Waals surface area contributed by atoms with Crippen LogP contribution in [0.25, 0.3) is 10.9 Å². The molecule has 4 nitrogen and oxygen atoms in total. The molecule has 1 saturated carbocycles. The number of amides is 1. The van der Waals surface area contributed by atoms with Gasteiger partial charge in [-0.2, -0.15) is 0 Å². The summed E-state index contributed by atoms with van der Waals surface area (Å²) < 4.78 is 0. The summed E-state index contributed by atoms with van der Waals surface area (Å²) >= 11 is 0. The van der Waals surface area contributed by atoms with Crippen LogP contribution in [0.1, 0.15) is 49.7 Å². The molecule has 4 heteroatoms. The molecular formula is C21H27N3O. The average molecular weight is 337 g/mol. The van der Waals surface area contributed by atoms with Gasteiger partial charge < -0.3 is 10.6 Å². The lowest BCUT2D eigenvalue weighted by molar-refractivity contribution is -0.133. The fraction of sp³-hybridized carbons (Fsp3) is 0.524. The van der Waals surface area contributed by atoms with Gasteiger partial charge in [-0.25, -0.2) is 0 Å². The molecule has 2 N–H and O–H groups in total. The quantitative estimate of drug-likeness (QED) is 0.929. The largest absolute Gasteiger partial charge is 0.342 e. The van der Waals surface area contributed by atoms with Gasteiger partial charge in [0.2, 0.25) is 5.91 Å². The number of fused-ring (bicyclic) bond motifs is 1. The van der Waals surface area contributed by atoms with Gasteiger partial charge in [-0.05, 0) is 48.3 Å². The number of carbonyl (C=O) groups excluding carboxylic acids is 1. The second-order valence-corrected chi connectivity index (χ2v) is 7.90. The molecule has 2 heterocycles. The number of benzene rings is 1. The molecule has 25 heavy (non-hydrogen) atoms. The maximum atomic E-state index is 12.6. The number of hydrogen-bond acceptors (Lipinski definition) is 3. The smallest absolute Gasteiger partial charge is 0.222 e. The van der Waals surface area contributed by atoms with E-state index in [1.165, 1.54) is 23.8 Å².